The summed E-state index contributed by atoms with van der Waals surface area (Å²) in [5.74, 6) is 1.21. The number of nitrogen functional groups attached to an aromatic ring is 1. The zero-order valence-electron chi connectivity index (χ0n) is 11.7. The molecule has 0 aliphatic heterocycles. The van der Waals surface area contributed by atoms with E-state index in [9.17, 15) is 5.11 Å². The number of phenols is 1. The van der Waals surface area contributed by atoms with Gasteiger partial charge in [0.1, 0.15) is 17.4 Å². The van der Waals surface area contributed by atoms with Crippen LogP contribution in [0.1, 0.15) is 13.3 Å². The lowest BCUT2D eigenvalue weighted by Crippen LogP contribution is -2.28. The Morgan fingerprint density at radius 2 is 2.10 bits per heavy atom. The van der Waals surface area contributed by atoms with Gasteiger partial charge in [-0.25, -0.2) is 9.97 Å². The molecule has 0 saturated carbocycles. The third-order valence-corrected chi connectivity index (χ3v) is 3.25. The zero-order valence-corrected chi connectivity index (χ0v) is 12.4. The van der Waals surface area contributed by atoms with Crippen molar-refractivity contribution in [3.63, 3.8) is 0 Å². The number of aromatic hydroxyl groups is 1. The molecule has 1 aromatic heterocycles. The highest BCUT2D eigenvalue weighted by atomic mass is 35.5. The van der Waals surface area contributed by atoms with Gasteiger partial charge in [-0.15, -0.1) is 0 Å². The minimum atomic E-state index is 0.0317. The smallest absolute Gasteiger partial charge is 0.167 e. The number of nitrogens with zero attached hydrogens (tertiary/aromatic N) is 2. The van der Waals surface area contributed by atoms with Crippen molar-refractivity contribution in [1.29, 1.82) is 0 Å². The SMILES string of the molecule is CC[C@H](N)CNc1cc(N)nc(-c2cc(Cl)ccc2O)n1. The van der Waals surface area contributed by atoms with E-state index in [0.29, 0.717) is 34.6 Å². The molecule has 6 nitrogen and oxygen atoms in total. The molecular weight excluding hydrogens is 290 g/mol. The largest absolute Gasteiger partial charge is 0.507 e. The van der Waals surface area contributed by atoms with Crippen molar-refractivity contribution >= 4 is 23.2 Å². The fourth-order valence-electron chi connectivity index (χ4n) is 1.74. The Labute approximate surface area is 128 Å². The van der Waals surface area contributed by atoms with E-state index in [-0.39, 0.29) is 11.8 Å². The Bertz CT molecular complexity index is 635. The van der Waals surface area contributed by atoms with Crippen molar-refractivity contribution in [3.8, 4) is 17.1 Å². The lowest BCUT2D eigenvalue weighted by Gasteiger charge is -2.12. The standard InChI is InChI=1S/C14H18ClN5O/c1-2-9(16)7-18-13-6-12(17)19-14(20-13)10-5-8(15)3-4-11(10)21/h3-6,9,21H,2,7,16H2,1H3,(H3,17,18,19,20)/t9-/m0/s1. The monoisotopic (exact) mass is 307 g/mol. The first-order valence-electron chi connectivity index (χ1n) is 6.62. The molecule has 112 valence electrons. The van der Waals surface area contributed by atoms with E-state index < -0.39 is 0 Å². The van der Waals surface area contributed by atoms with Crippen LogP contribution in [0.5, 0.6) is 5.75 Å². The van der Waals surface area contributed by atoms with Crippen LogP contribution in [0.4, 0.5) is 11.6 Å². The summed E-state index contributed by atoms with van der Waals surface area (Å²) < 4.78 is 0. The molecule has 1 heterocycles. The molecule has 21 heavy (non-hydrogen) atoms. The molecule has 6 N–H and O–H groups in total. The zero-order chi connectivity index (χ0) is 15.4. The Hall–Kier alpha value is -2.05. The van der Waals surface area contributed by atoms with E-state index in [2.05, 4.69) is 15.3 Å². The van der Waals surface area contributed by atoms with E-state index in [1.54, 1.807) is 18.2 Å². The molecule has 2 aromatic rings. The highest BCUT2D eigenvalue weighted by molar-refractivity contribution is 6.30. The maximum atomic E-state index is 9.91. The molecule has 0 saturated heterocycles. The van der Waals surface area contributed by atoms with E-state index in [1.807, 2.05) is 6.92 Å². The summed E-state index contributed by atoms with van der Waals surface area (Å²) in [6, 6.07) is 6.32. The maximum Gasteiger partial charge on any atom is 0.167 e. The van der Waals surface area contributed by atoms with Gasteiger partial charge in [0.15, 0.2) is 5.82 Å². The second kappa shape index (κ2) is 6.60. The number of nitrogens with one attached hydrogen (secondary N) is 1. The number of anilines is 2. The molecule has 1 aromatic carbocycles. The number of nitrogens with two attached hydrogens (primary N) is 2. The number of halogens is 1. The Morgan fingerprint density at radius 3 is 2.81 bits per heavy atom. The number of rotatable bonds is 5. The molecule has 2 rings (SSSR count). The molecule has 0 aliphatic rings. The Kier molecular flexibility index (Phi) is 4.82. The van der Waals surface area contributed by atoms with Gasteiger partial charge in [0, 0.05) is 23.7 Å². The Balaban J connectivity index is 2.32. The van der Waals surface area contributed by atoms with Gasteiger partial charge >= 0.3 is 0 Å². The predicted molar refractivity (Wildman–Crippen MR) is 85.3 cm³/mol. The highest BCUT2D eigenvalue weighted by Crippen LogP contribution is 2.30. The maximum absolute atomic E-state index is 9.91. The summed E-state index contributed by atoms with van der Waals surface area (Å²) in [7, 11) is 0. The summed E-state index contributed by atoms with van der Waals surface area (Å²) in [4.78, 5) is 8.47. The normalized spacial score (nSPS) is 12.1. The lowest BCUT2D eigenvalue weighted by molar-refractivity contribution is 0.477. The first kappa shape index (κ1) is 15.3. The molecule has 0 unspecified atom stereocenters. The van der Waals surface area contributed by atoms with Gasteiger partial charge < -0.3 is 21.9 Å². The van der Waals surface area contributed by atoms with Crippen molar-refractivity contribution in [3.05, 3.63) is 29.3 Å². The van der Waals surface area contributed by atoms with E-state index in [0.717, 1.165) is 6.42 Å². The number of benzene rings is 1. The first-order valence-corrected chi connectivity index (χ1v) is 7.00. The fourth-order valence-corrected chi connectivity index (χ4v) is 1.92. The van der Waals surface area contributed by atoms with Crippen LogP contribution in [0.3, 0.4) is 0 Å². The number of phenolic OH excluding ortho intramolecular Hbond substituents is 1. The second-order valence-electron chi connectivity index (χ2n) is 4.71. The average Bonchev–Trinajstić information content (AvgIpc) is 2.46. The number of aromatic nitrogens is 2. The van der Waals surface area contributed by atoms with Crippen molar-refractivity contribution in [2.45, 2.75) is 19.4 Å². The van der Waals surface area contributed by atoms with Crippen LogP contribution in [-0.2, 0) is 0 Å². The summed E-state index contributed by atoms with van der Waals surface area (Å²) in [6.45, 7) is 2.59. The summed E-state index contributed by atoms with van der Waals surface area (Å²) >= 11 is 5.94. The third-order valence-electron chi connectivity index (χ3n) is 3.02. The summed E-state index contributed by atoms with van der Waals surface area (Å²) in [6.07, 6.45) is 0.857. The minimum absolute atomic E-state index is 0.0317. The Morgan fingerprint density at radius 1 is 1.33 bits per heavy atom. The van der Waals surface area contributed by atoms with Crippen LogP contribution in [-0.4, -0.2) is 27.7 Å². The van der Waals surface area contributed by atoms with Gasteiger partial charge in [0.2, 0.25) is 0 Å². The van der Waals surface area contributed by atoms with E-state index >= 15 is 0 Å². The molecule has 0 spiro atoms. The molecule has 0 amide bonds. The van der Waals surface area contributed by atoms with Crippen molar-refractivity contribution in [1.82, 2.24) is 9.97 Å². The van der Waals surface area contributed by atoms with Gasteiger partial charge in [-0.05, 0) is 24.6 Å². The van der Waals surface area contributed by atoms with Gasteiger partial charge in [-0.1, -0.05) is 18.5 Å². The van der Waals surface area contributed by atoms with Gasteiger partial charge in [0.25, 0.3) is 0 Å². The topological polar surface area (TPSA) is 110 Å². The average molecular weight is 308 g/mol. The highest BCUT2D eigenvalue weighted by Gasteiger charge is 2.11. The van der Waals surface area contributed by atoms with Crippen molar-refractivity contribution < 1.29 is 5.11 Å². The van der Waals surface area contributed by atoms with Crippen LogP contribution in [0.15, 0.2) is 24.3 Å². The van der Waals surface area contributed by atoms with Gasteiger partial charge in [-0.3, -0.25) is 0 Å². The van der Waals surface area contributed by atoms with Crippen LogP contribution < -0.4 is 16.8 Å². The minimum Gasteiger partial charge on any atom is -0.507 e. The quantitative estimate of drug-likeness (QED) is 0.674. The van der Waals surface area contributed by atoms with Crippen LogP contribution in [0.2, 0.25) is 5.02 Å². The number of hydrogen-bond acceptors (Lipinski definition) is 6. The molecule has 0 radical (unpaired) electrons. The third kappa shape index (κ3) is 3.96. The summed E-state index contributed by atoms with van der Waals surface area (Å²) in [5, 5.41) is 13.5. The van der Waals surface area contributed by atoms with Crippen molar-refractivity contribution in [2.24, 2.45) is 5.73 Å². The lowest BCUT2D eigenvalue weighted by atomic mass is 10.2. The summed E-state index contributed by atoms with van der Waals surface area (Å²) in [5.41, 5.74) is 12.1. The molecular formula is C14H18ClN5O. The predicted octanol–water partition coefficient (Wildman–Crippen LogP) is 2.23. The van der Waals surface area contributed by atoms with E-state index in [4.69, 9.17) is 23.1 Å². The van der Waals surface area contributed by atoms with Gasteiger partial charge in [-0.2, -0.15) is 0 Å². The fraction of sp³-hybridized carbons (Fsp3) is 0.286. The van der Waals surface area contributed by atoms with Crippen molar-refractivity contribution in [2.75, 3.05) is 17.6 Å². The van der Waals surface area contributed by atoms with E-state index in [1.165, 1.54) is 6.07 Å². The van der Waals surface area contributed by atoms with Gasteiger partial charge in [0.05, 0.1) is 5.56 Å². The van der Waals surface area contributed by atoms with Crippen LogP contribution in [0, 0.1) is 0 Å². The molecule has 7 heteroatoms. The molecule has 0 aliphatic carbocycles. The number of hydrogen-bond donors (Lipinski definition) is 4. The molecule has 0 fully saturated rings. The second-order valence-corrected chi connectivity index (χ2v) is 5.15. The van der Waals surface area contributed by atoms with Crippen LogP contribution >= 0.6 is 11.6 Å². The van der Waals surface area contributed by atoms with Crippen LogP contribution in [0.25, 0.3) is 11.4 Å². The first-order chi connectivity index (χ1) is 9.99. The molecule has 1 atom stereocenters. The molecule has 0 bridgehead atoms.